The molecule has 0 aromatic heterocycles. The number of amides is 1. The maximum absolute atomic E-state index is 11.1. The van der Waals surface area contributed by atoms with Crippen molar-refractivity contribution in [3.8, 4) is 0 Å². The average Bonchev–Trinajstić information content (AvgIpc) is 2.97. The Kier molecular flexibility index (Phi) is 6.13. The van der Waals surface area contributed by atoms with E-state index in [9.17, 15) is 4.79 Å². The van der Waals surface area contributed by atoms with Gasteiger partial charge in [0.05, 0.1) is 12.7 Å². The van der Waals surface area contributed by atoms with Gasteiger partial charge in [-0.05, 0) is 44.8 Å². The summed E-state index contributed by atoms with van der Waals surface area (Å²) >= 11 is 0. The second kappa shape index (κ2) is 8.13. The summed E-state index contributed by atoms with van der Waals surface area (Å²) in [4.78, 5) is 18.7. The number of nitrogens with zero attached hydrogens (tertiary/aromatic N) is 3. The largest absolute Gasteiger partial charge is 0.376 e. The Balaban J connectivity index is 1.34. The number of piperidine rings is 1. The second-order valence-corrected chi connectivity index (χ2v) is 8.06. The lowest BCUT2D eigenvalue weighted by Crippen LogP contribution is -2.48. The predicted octanol–water partition coefficient (Wildman–Crippen LogP) is 0.241. The van der Waals surface area contributed by atoms with Gasteiger partial charge in [-0.15, -0.1) is 0 Å². The number of ether oxygens (including phenoxy) is 1. The molecule has 3 aliphatic rings. The van der Waals surface area contributed by atoms with E-state index in [1.807, 2.05) is 0 Å². The number of rotatable bonds is 5. The number of likely N-dealkylation sites (tertiary alicyclic amines) is 1. The first-order valence-corrected chi connectivity index (χ1v) is 9.54. The third kappa shape index (κ3) is 4.91. The van der Waals surface area contributed by atoms with Gasteiger partial charge in [0.1, 0.15) is 0 Å². The van der Waals surface area contributed by atoms with E-state index in [-0.39, 0.29) is 12.0 Å². The summed E-state index contributed by atoms with van der Waals surface area (Å²) in [5.74, 6) is 0.0401. The third-order valence-electron chi connectivity index (χ3n) is 6.11. The van der Waals surface area contributed by atoms with Gasteiger partial charge in [0.15, 0.2) is 0 Å². The molecule has 1 N–H and O–H groups in total. The number of carbonyl (C=O) groups excluding carboxylic acids is 1. The smallest absolute Gasteiger partial charge is 0.216 e. The molecule has 0 radical (unpaired) electrons. The van der Waals surface area contributed by atoms with Gasteiger partial charge in [-0.2, -0.15) is 0 Å². The summed E-state index contributed by atoms with van der Waals surface area (Å²) < 4.78 is 5.95. The predicted molar refractivity (Wildman–Crippen MR) is 95.1 cm³/mol. The molecule has 1 unspecified atom stereocenters. The van der Waals surface area contributed by atoms with Gasteiger partial charge in [0.25, 0.3) is 0 Å². The van der Waals surface area contributed by atoms with Crippen LogP contribution in [0.1, 0.15) is 26.2 Å². The van der Waals surface area contributed by atoms with Crippen molar-refractivity contribution >= 4 is 5.91 Å². The molecule has 3 aliphatic heterocycles. The highest BCUT2D eigenvalue weighted by Crippen LogP contribution is 2.41. The summed E-state index contributed by atoms with van der Waals surface area (Å²) in [6.07, 6.45) is 3.81. The van der Waals surface area contributed by atoms with Gasteiger partial charge in [-0.3, -0.25) is 9.69 Å². The minimum absolute atomic E-state index is 0.0401. The van der Waals surface area contributed by atoms with E-state index in [2.05, 4.69) is 27.1 Å². The van der Waals surface area contributed by atoms with Gasteiger partial charge < -0.3 is 19.9 Å². The highest BCUT2D eigenvalue weighted by molar-refractivity contribution is 5.72. The van der Waals surface area contributed by atoms with Crippen LogP contribution in [0.5, 0.6) is 0 Å². The average molecular weight is 338 g/mol. The van der Waals surface area contributed by atoms with E-state index >= 15 is 0 Å². The standard InChI is InChI=1S/C18H34N4O2/c1-16(23)19-14-17-13-18(15-24-17)3-5-21(6-4-18)11-12-22-9-7-20(2)8-10-22/h17H,3-15H2,1-2H3,(H,19,23). The molecule has 3 fully saturated rings. The lowest BCUT2D eigenvalue weighted by atomic mass is 9.76. The first-order chi connectivity index (χ1) is 11.5. The maximum atomic E-state index is 11.1. The van der Waals surface area contributed by atoms with Crippen LogP contribution in [0.2, 0.25) is 0 Å². The van der Waals surface area contributed by atoms with E-state index in [1.54, 1.807) is 6.92 Å². The molecule has 138 valence electrons. The summed E-state index contributed by atoms with van der Waals surface area (Å²) in [5.41, 5.74) is 0.369. The number of likely N-dealkylation sites (N-methyl/N-ethyl adjacent to an activating group) is 1. The number of piperazine rings is 1. The van der Waals surface area contributed by atoms with Crippen LogP contribution in [0, 0.1) is 5.41 Å². The lowest BCUT2D eigenvalue weighted by molar-refractivity contribution is -0.119. The van der Waals surface area contributed by atoms with Crippen LogP contribution in [0.4, 0.5) is 0 Å². The van der Waals surface area contributed by atoms with Crippen molar-refractivity contribution in [3.05, 3.63) is 0 Å². The number of hydrogen-bond donors (Lipinski definition) is 1. The van der Waals surface area contributed by atoms with Crippen LogP contribution in [0.25, 0.3) is 0 Å². The molecule has 3 saturated heterocycles. The Bertz CT molecular complexity index is 415. The lowest BCUT2D eigenvalue weighted by Gasteiger charge is -2.40. The molecular weight excluding hydrogens is 304 g/mol. The van der Waals surface area contributed by atoms with Crippen molar-refractivity contribution < 1.29 is 9.53 Å². The van der Waals surface area contributed by atoms with Crippen LogP contribution in [-0.4, -0.2) is 99.3 Å². The molecule has 0 bridgehead atoms. The molecule has 1 atom stereocenters. The van der Waals surface area contributed by atoms with Crippen LogP contribution < -0.4 is 5.32 Å². The summed E-state index contributed by atoms with van der Waals surface area (Å²) in [7, 11) is 2.21. The van der Waals surface area contributed by atoms with Crippen molar-refractivity contribution in [2.24, 2.45) is 5.41 Å². The molecular formula is C18H34N4O2. The number of carbonyl (C=O) groups is 1. The zero-order valence-electron chi connectivity index (χ0n) is 15.4. The number of hydrogen-bond acceptors (Lipinski definition) is 5. The summed E-state index contributed by atoms with van der Waals surface area (Å²) in [6, 6.07) is 0. The van der Waals surface area contributed by atoms with E-state index < -0.39 is 0 Å². The van der Waals surface area contributed by atoms with E-state index in [0.29, 0.717) is 12.0 Å². The second-order valence-electron chi connectivity index (χ2n) is 8.06. The highest BCUT2D eigenvalue weighted by Gasteiger charge is 2.42. The molecule has 0 aromatic carbocycles. The fourth-order valence-electron chi connectivity index (χ4n) is 4.24. The molecule has 0 saturated carbocycles. The Morgan fingerprint density at radius 2 is 1.71 bits per heavy atom. The highest BCUT2D eigenvalue weighted by atomic mass is 16.5. The Morgan fingerprint density at radius 1 is 1.08 bits per heavy atom. The minimum atomic E-state index is 0.0401. The molecule has 1 amide bonds. The van der Waals surface area contributed by atoms with Gasteiger partial charge in [0, 0.05) is 52.7 Å². The maximum Gasteiger partial charge on any atom is 0.216 e. The molecule has 1 spiro atoms. The van der Waals surface area contributed by atoms with Gasteiger partial charge in [-0.1, -0.05) is 0 Å². The molecule has 3 heterocycles. The minimum Gasteiger partial charge on any atom is -0.376 e. The topological polar surface area (TPSA) is 48.1 Å². The Hall–Kier alpha value is -0.690. The fourth-order valence-corrected chi connectivity index (χ4v) is 4.24. The SMILES string of the molecule is CC(=O)NCC1CC2(CCN(CCN3CCN(C)CC3)CC2)CO1. The normalized spacial score (nSPS) is 29.2. The van der Waals surface area contributed by atoms with Crippen molar-refractivity contribution in [1.82, 2.24) is 20.0 Å². The molecule has 0 aliphatic carbocycles. The number of nitrogens with one attached hydrogen (secondary N) is 1. The molecule has 3 rings (SSSR count). The van der Waals surface area contributed by atoms with Crippen molar-refractivity contribution in [1.29, 1.82) is 0 Å². The first kappa shape index (κ1) is 18.1. The Morgan fingerprint density at radius 3 is 2.33 bits per heavy atom. The summed E-state index contributed by atoms with van der Waals surface area (Å²) in [5, 5.41) is 2.89. The molecule has 6 nitrogen and oxygen atoms in total. The van der Waals surface area contributed by atoms with Crippen LogP contribution in [0.15, 0.2) is 0 Å². The van der Waals surface area contributed by atoms with Crippen molar-refractivity contribution in [2.45, 2.75) is 32.3 Å². The molecule has 24 heavy (non-hydrogen) atoms. The molecule has 0 aromatic rings. The molecule has 6 heteroatoms. The van der Waals surface area contributed by atoms with Gasteiger partial charge >= 0.3 is 0 Å². The zero-order valence-corrected chi connectivity index (χ0v) is 15.4. The van der Waals surface area contributed by atoms with Gasteiger partial charge in [-0.25, -0.2) is 0 Å². The third-order valence-corrected chi connectivity index (χ3v) is 6.11. The van der Waals surface area contributed by atoms with E-state index in [4.69, 9.17) is 4.74 Å². The van der Waals surface area contributed by atoms with E-state index in [1.165, 1.54) is 65.2 Å². The summed E-state index contributed by atoms with van der Waals surface area (Å²) in [6.45, 7) is 12.8. The zero-order chi connectivity index (χ0) is 17.0. The fraction of sp³-hybridized carbons (Fsp3) is 0.944. The monoisotopic (exact) mass is 338 g/mol. The van der Waals surface area contributed by atoms with Crippen molar-refractivity contribution in [3.63, 3.8) is 0 Å². The van der Waals surface area contributed by atoms with Crippen molar-refractivity contribution in [2.75, 3.05) is 72.6 Å². The Labute approximate surface area is 146 Å². The van der Waals surface area contributed by atoms with Crippen LogP contribution in [-0.2, 0) is 9.53 Å². The van der Waals surface area contributed by atoms with Crippen LogP contribution >= 0.6 is 0 Å². The first-order valence-electron chi connectivity index (χ1n) is 9.54. The van der Waals surface area contributed by atoms with E-state index in [0.717, 1.165) is 13.0 Å². The quantitative estimate of drug-likeness (QED) is 0.778. The van der Waals surface area contributed by atoms with Crippen LogP contribution in [0.3, 0.4) is 0 Å². The van der Waals surface area contributed by atoms with Gasteiger partial charge in [0.2, 0.25) is 5.91 Å².